The van der Waals surface area contributed by atoms with Gasteiger partial charge in [-0.05, 0) is 6.92 Å². The van der Waals surface area contributed by atoms with Crippen molar-refractivity contribution in [3.63, 3.8) is 0 Å². The summed E-state index contributed by atoms with van der Waals surface area (Å²) in [6.07, 6.45) is 5.01. The molecular formula is C46H47NO3P2. The minimum absolute atomic E-state index is 0.185. The summed E-state index contributed by atoms with van der Waals surface area (Å²) < 4.78 is 4.39. The predicted octanol–water partition coefficient (Wildman–Crippen LogP) is 7.11. The number of hydrogen-bond acceptors (Lipinski definition) is 4. The van der Waals surface area contributed by atoms with E-state index in [-0.39, 0.29) is 12.9 Å². The van der Waals surface area contributed by atoms with Crippen molar-refractivity contribution < 1.29 is 14.3 Å². The summed E-state index contributed by atoms with van der Waals surface area (Å²) in [5, 5.41) is 17.1. The first kappa shape index (κ1) is 38.1. The van der Waals surface area contributed by atoms with Gasteiger partial charge in [-0.3, -0.25) is 4.79 Å². The van der Waals surface area contributed by atoms with Gasteiger partial charge in [0, 0.05) is 0 Å². The number of aldehydes is 1. The number of nitriles is 1. The summed E-state index contributed by atoms with van der Waals surface area (Å²) in [6, 6.07) is 69.6. The van der Waals surface area contributed by atoms with Crippen LogP contribution in [0.25, 0.3) is 0 Å². The molecule has 0 aliphatic rings. The van der Waals surface area contributed by atoms with Crippen LogP contribution in [0.3, 0.4) is 0 Å². The molecule has 264 valence electrons. The van der Waals surface area contributed by atoms with Crippen LogP contribution < -0.4 is 31.8 Å². The Labute approximate surface area is 309 Å². The van der Waals surface area contributed by atoms with Crippen molar-refractivity contribution in [3.05, 3.63) is 182 Å². The fourth-order valence-corrected chi connectivity index (χ4v) is 17.2. The molecule has 0 radical (unpaired) electrons. The number of unbranched alkanes of at least 4 members (excludes halogenated alkanes) is 1. The van der Waals surface area contributed by atoms with E-state index >= 15 is 0 Å². The van der Waals surface area contributed by atoms with Crippen molar-refractivity contribution in [3.8, 4) is 6.07 Å². The standard InChI is InChI=1S/C40H40P2.C6H7NO3/c1-7-21-35(22-8-1)41(36-23-9-2-10-24-36,37-25-11-3-12-26-37)33-19-20-34-42(38-27-13-4-14-28-38,39-29-15-5-16-30-39)40-31-17-6-18-32-40;1-2-10-6(9)5(3-7)4-8/h1-18,21-32,41-42H,19-20,33-34H2;4-5H,2H2,1H3. The number of rotatable bonds is 14. The molecule has 0 saturated heterocycles. The molecular weight excluding hydrogens is 676 g/mol. The van der Waals surface area contributed by atoms with Gasteiger partial charge in [0.15, 0.2) is 5.92 Å². The Morgan fingerprint density at radius 3 is 0.981 bits per heavy atom. The molecule has 6 heteroatoms. The molecule has 0 aliphatic carbocycles. The van der Waals surface area contributed by atoms with Crippen LogP contribution in [0.4, 0.5) is 0 Å². The number of hydrogen-bond donors (Lipinski definition) is 0. The quantitative estimate of drug-likeness (QED) is 0.0396. The van der Waals surface area contributed by atoms with Crippen LogP contribution in [0.1, 0.15) is 19.8 Å². The number of nitrogens with zero attached hydrogens (tertiary/aromatic N) is 1. The Morgan fingerprint density at radius 2 is 0.788 bits per heavy atom. The van der Waals surface area contributed by atoms with E-state index in [1.54, 1.807) is 6.92 Å². The van der Waals surface area contributed by atoms with E-state index in [0.717, 1.165) is 0 Å². The van der Waals surface area contributed by atoms with E-state index in [9.17, 15) is 9.59 Å². The van der Waals surface area contributed by atoms with Crippen molar-refractivity contribution in [1.82, 2.24) is 0 Å². The van der Waals surface area contributed by atoms with Gasteiger partial charge in [0.1, 0.15) is 6.29 Å². The van der Waals surface area contributed by atoms with Crippen molar-refractivity contribution in [2.75, 3.05) is 18.9 Å². The Balaban J connectivity index is 0.000000459. The molecule has 0 spiro atoms. The average molecular weight is 724 g/mol. The van der Waals surface area contributed by atoms with E-state index in [2.05, 4.69) is 187 Å². The molecule has 0 aromatic heterocycles. The summed E-state index contributed by atoms with van der Waals surface area (Å²) in [6.45, 7) is 1.79. The topological polar surface area (TPSA) is 67.2 Å². The van der Waals surface area contributed by atoms with E-state index in [1.807, 2.05) is 0 Å². The number of carbonyl (C=O) groups is 2. The Bertz CT molecular complexity index is 1670. The van der Waals surface area contributed by atoms with Crippen LogP contribution in [0, 0.1) is 17.2 Å². The molecule has 6 aromatic carbocycles. The fraction of sp³-hybridized carbons (Fsp3) is 0.152. The molecule has 0 amide bonds. The molecule has 0 saturated carbocycles. The fourth-order valence-electron chi connectivity index (χ4n) is 7.35. The van der Waals surface area contributed by atoms with Gasteiger partial charge in [0.05, 0.1) is 12.7 Å². The second kappa shape index (κ2) is 19.4. The van der Waals surface area contributed by atoms with Gasteiger partial charge in [0.25, 0.3) is 0 Å². The van der Waals surface area contributed by atoms with Gasteiger partial charge in [-0.25, -0.2) is 0 Å². The van der Waals surface area contributed by atoms with Crippen LogP contribution in [0.15, 0.2) is 182 Å². The van der Waals surface area contributed by atoms with Gasteiger partial charge in [-0.1, -0.05) is 0 Å². The molecule has 0 aliphatic heterocycles. The van der Waals surface area contributed by atoms with Crippen LogP contribution in [-0.4, -0.2) is 31.2 Å². The first-order chi connectivity index (χ1) is 25.6. The zero-order chi connectivity index (χ0) is 36.5. The normalized spacial score (nSPS) is 12.2. The molecule has 52 heavy (non-hydrogen) atoms. The molecule has 0 bridgehead atoms. The van der Waals surface area contributed by atoms with Gasteiger partial charge >= 0.3 is 259 Å². The maximum absolute atomic E-state index is 10.5. The van der Waals surface area contributed by atoms with Crippen molar-refractivity contribution in [2.24, 2.45) is 5.92 Å². The maximum atomic E-state index is 10.5. The molecule has 1 atom stereocenters. The van der Waals surface area contributed by atoms with Gasteiger partial charge < -0.3 is 9.53 Å². The third-order valence-corrected chi connectivity index (χ3v) is 19.9. The Morgan fingerprint density at radius 1 is 0.538 bits per heavy atom. The van der Waals surface area contributed by atoms with Crippen molar-refractivity contribution in [2.45, 2.75) is 19.8 Å². The van der Waals surface area contributed by atoms with Crippen molar-refractivity contribution in [1.29, 1.82) is 5.26 Å². The summed E-state index contributed by atoms with van der Waals surface area (Å²) in [7, 11) is -4.49. The molecule has 0 fully saturated rings. The van der Waals surface area contributed by atoms with E-state index < -0.39 is 26.4 Å². The monoisotopic (exact) mass is 723 g/mol. The molecule has 6 rings (SSSR count). The first-order valence-electron chi connectivity index (χ1n) is 17.9. The minimum atomic E-state index is -2.24. The second-order valence-electron chi connectivity index (χ2n) is 12.7. The van der Waals surface area contributed by atoms with Crippen LogP contribution in [0.5, 0.6) is 0 Å². The second-order valence-corrected chi connectivity index (χ2v) is 20.8. The van der Waals surface area contributed by atoms with Gasteiger partial charge in [0.2, 0.25) is 0 Å². The third-order valence-electron chi connectivity index (χ3n) is 9.77. The number of esters is 1. The average Bonchev–Trinajstić information content (AvgIpc) is 3.22. The predicted molar refractivity (Wildman–Crippen MR) is 224 cm³/mol. The summed E-state index contributed by atoms with van der Waals surface area (Å²) in [4.78, 5) is 20.5. The van der Waals surface area contributed by atoms with E-state index in [0.29, 0.717) is 0 Å². The Hall–Kier alpha value is -5.19. The van der Waals surface area contributed by atoms with Crippen molar-refractivity contribution >= 4 is 58.6 Å². The third kappa shape index (κ3) is 8.81. The molecule has 1 unspecified atom stereocenters. The molecule has 0 N–H and O–H groups in total. The molecule has 0 heterocycles. The SMILES string of the molecule is CCOC(=O)C(C#N)C=O.c1ccc([PH](CCCC[PH](c2ccccc2)(c2ccccc2)c2ccccc2)(c2ccccc2)c2ccccc2)cc1. The number of benzene rings is 6. The van der Waals surface area contributed by atoms with E-state index in [1.165, 1.54) is 63.1 Å². The number of carbonyl (C=O) groups excluding carboxylic acids is 2. The van der Waals surface area contributed by atoms with Crippen LogP contribution in [-0.2, 0) is 14.3 Å². The zero-order valence-electron chi connectivity index (χ0n) is 29.7. The summed E-state index contributed by atoms with van der Waals surface area (Å²) in [5.74, 6) is -2.04. The van der Waals surface area contributed by atoms with Crippen LogP contribution in [0.2, 0.25) is 0 Å². The van der Waals surface area contributed by atoms with E-state index in [4.69, 9.17) is 5.26 Å². The number of ether oxygens (including phenoxy) is 1. The van der Waals surface area contributed by atoms with Gasteiger partial charge in [-0.15, -0.1) is 0 Å². The van der Waals surface area contributed by atoms with Crippen LogP contribution >= 0.6 is 14.5 Å². The molecule has 4 nitrogen and oxygen atoms in total. The Kier molecular flexibility index (Phi) is 14.2. The summed E-state index contributed by atoms with van der Waals surface area (Å²) >= 11 is 0. The van der Waals surface area contributed by atoms with Gasteiger partial charge in [-0.2, -0.15) is 5.26 Å². The zero-order valence-corrected chi connectivity index (χ0v) is 31.7. The first-order valence-corrected chi connectivity index (χ1v) is 22.4. The summed E-state index contributed by atoms with van der Waals surface area (Å²) in [5.41, 5.74) is 0. The molecule has 6 aromatic rings.